The quantitative estimate of drug-likeness (QED) is 0.666. The van der Waals surface area contributed by atoms with Gasteiger partial charge in [0.15, 0.2) is 0 Å². The molecule has 0 aliphatic heterocycles. The number of rotatable bonds is 4. The molecule has 0 aliphatic rings. The van der Waals surface area contributed by atoms with Gasteiger partial charge in [0.05, 0.1) is 16.8 Å². The molecule has 6 nitrogen and oxygen atoms in total. The molecule has 18 heavy (non-hydrogen) atoms. The van der Waals surface area contributed by atoms with Crippen LogP contribution in [0.2, 0.25) is 0 Å². The monoisotopic (exact) mass is 250 g/mol. The van der Waals surface area contributed by atoms with Crippen molar-refractivity contribution < 1.29 is 9.31 Å². The number of aromatic nitrogens is 2. The minimum absolute atomic E-state index is 0.376. The van der Waals surface area contributed by atoms with Crippen LogP contribution in [0.25, 0.3) is 0 Å². The van der Waals surface area contributed by atoms with Crippen LogP contribution in [-0.2, 0) is 13.6 Å². The first-order valence-corrected chi connectivity index (χ1v) is 5.21. The van der Waals surface area contributed by atoms with Gasteiger partial charge in [0, 0.05) is 25.9 Å². The van der Waals surface area contributed by atoms with Gasteiger partial charge in [-0.05, 0) is 11.6 Å². The van der Waals surface area contributed by atoms with Crippen LogP contribution in [0.4, 0.5) is 15.8 Å². The van der Waals surface area contributed by atoms with Crippen molar-refractivity contribution in [3.05, 3.63) is 52.1 Å². The Hall–Kier alpha value is -2.44. The summed E-state index contributed by atoms with van der Waals surface area (Å²) in [6.07, 6.45) is 3.42. The molecule has 0 radical (unpaired) electrons. The molecule has 0 unspecified atom stereocenters. The van der Waals surface area contributed by atoms with E-state index in [0.29, 0.717) is 12.1 Å². The van der Waals surface area contributed by atoms with Gasteiger partial charge in [0.2, 0.25) is 5.82 Å². The largest absolute Gasteiger partial charge is 0.378 e. The van der Waals surface area contributed by atoms with Crippen LogP contribution < -0.4 is 5.32 Å². The summed E-state index contributed by atoms with van der Waals surface area (Å²) in [5.74, 6) is -0.828. The minimum atomic E-state index is -0.828. The Bertz CT molecular complexity index is 582. The van der Waals surface area contributed by atoms with Crippen molar-refractivity contribution in [2.75, 3.05) is 5.32 Å². The molecule has 94 valence electrons. The summed E-state index contributed by atoms with van der Waals surface area (Å²) in [6.45, 7) is 0.376. The number of anilines is 1. The normalized spacial score (nSPS) is 10.3. The second-order valence-corrected chi connectivity index (χ2v) is 3.80. The Morgan fingerprint density at radius 2 is 2.33 bits per heavy atom. The third-order valence-corrected chi connectivity index (χ3v) is 2.41. The SMILES string of the molecule is Cn1cc(NCc2ccc([N+](=O)[O-])c(F)c2)cn1. The van der Waals surface area contributed by atoms with E-state index in [1.54, 1.807) is 24.1 Å². The molecule has 1 N–H and O–H groups in total. The van der Waals surface area contributed by atoms with E-state index in [2.05, 4.69) is 10.4 Å². The summed E-state index contributed by atoms with van der Waals surface area (Å²) in [4.78, 5) is 9.71. The fourth-order valence-electron chi connectivity index (χ4n) is 1.53. The fraction of sp³-hybridized carbons (Fsp3) is 0.182. The van der Waals surface area contributed by atoms with Crippen molar-refractivity contribution in [3.63, 3.8) is 0 Å². The maximum absolute atomic E-state index is 13.3. The molecule has 2 aromatic rings. The molecule has 0 atom stereocenters. The second-order valence-electron chi connectivity index (χ2n) is 3.80. The van der Waals surface area contributed by atoms with E-state index < -0.39 is 16.4 Å². The van der Waals surface area contributed by atoms with E-state index in [0.717, 1.165) is 17.8 Å². The van der Waals surface area contributed by atoms with Crippen LogP contribution in [0.1, 0.15) is 5.56 Å². The summed E-state index contributed by atoms with van der Waals surface area (Å²) in [5, 5.41) is 17.5. The highest BCUT2D eigenvalue weighted by Gasteiger charge is 2.13. The average Bonchev–Trinajstić information content (AvgIpc) is 2.72. The van der Waals surface area contributed by atoms with E-state index in [1.165, 1.54) is 6.07 Å². The molecule has 1 aromatic heterocycles. The van der Waals surface area contributed by atoms with Gasteiger partial charge < -0.3 is 5.32 Å². The van der Waals surface area contributed by atoms with E-state index in [1.807, 2.05) is 0 Å². The Morgan fingerprint density at radius 3 is 2.89 bits per heavy atom. The smallest absolute Gasteiger partial charge is 0.304 e. The fourth-order valence-corrected chi connectivity index (χ4v) is 1.53. The molecular weight excluding hydrogens is 239 g/mol. The van der Waals surface area contributed by atoms with E-state index in [4.69, 9.17) is 0 Å². The van der Waals surface area contributed by atoms with Gasteiger partial charge in [0.1, 0.15) is 0 Å². The number of nitrogens with zero attached hydrogens (tertiary/aromatic N) is 3. The molecule has 0 aliphatic carbocycles. The lowest BCUT2D eigenvalue weighted by Gasteiger charge is -2.03. The molecule has 1 aromatic carbocycles. The summed E-state index contributed by atoms with van der Waals surface area (Å²) < 4.78 is 15.0. The van der Waals surface area contributed by atoms with Crippen molar-refractivity contribution in [1.82, 2.24) is 9.78 Å². The van der Waals surface area contributed by atoms with Crippen molar-refractivity contribution in [1.29, 1.82) is 0 Å². The molecule has 0 bridgehead atoms. The molecule has 2 rings (SSSR count). The van der Waals surface area contributed by atoms with Crippen LogP contribution in [0.15, 0.2) is 30.6 Å². The number of nitro groups is 1. The Labute approximate surface area is 102 Å². The number of nitro benzene ring substituents is 1. The highest BCUT2D eigenvalue weighted by Crippen LogP contribution is 2.18. The zero-order chi connectivity index (χ0) is 13.1. The van der Waals surface area contributed by atoms with Crippen molar-refractivity contribution in [2.24, 2.45) is 7.05 Å². The number of hydrogen-bond acceptors (Lipinski definition) is 4. The van der Waals surface area contributed by atoms with Gasteiger partial charge in [-0.2, -0.15) is 9.49 Å². The molecule has 0 saturated heterocycles. The highest BCUT2D eigenvalue weighted by atomic mass is 19.1. The maximum Gasteiger partial charge on any atom is 0.304 e. The first-order valence-electron chi connectivity index (χ1n) is 5.21. The maximum atomic E-state index is 13.3. The number of aryl methyl sites for hydroxylation is 1. The first kappa shape index (κ1) is 12.0. The minimum Gasteiger partial charge on any atom is -0.378 e. The molecule has 0 spiro atoms. The van der Waals surface area contributed by atoms with Crippen molar-refractivity contribution >= 4 is 11.4 Å². The second kappa shape index (κ2) is 4.82. The van der Waals surface area contributed by atoms with Gasteiger partial charge in [-0.3, -0.25) is 14.8 Å². The third kappa shape index (κ3) is 2.62. The van der Waals surface area contributed by atoms with Gasteiger partial charge >= 0.3 is 5.69 Å². The van der Waals surface area contributed by atoms with E-state index in [-0.39, 0.29) is 0 Å². The summed E-state index contributed by atoms with van der Waals surface area (Å²) in [6, 6.07) is 3.83. The van der Waals surface area contributed by atoms with E-state index in [9.17, 15) is 14.5 Å². The van der Waals surface area contributed by atoms with Crippen LogP contribution >= 0.6 is 0 Å². The van der Waals surface area contributed by atoms with Crippen LogP contribution in [0.5, 0.6) is 0 Å². The lowest BCUT2D eigenvalue weighted by molar-refractivity contribution is -0.387. The Morgan fingerprint density at radius 1 is 1.56 bits per heavy atom. The van der Waals surface area contributed by atoms with E-state index >= 15 is 0 Å². The van der Waals surface area contributed by atoms with Gasteiger partial charge in [0.25, 0.3) is 0 Å². The topological polar surface area (TPSA) is 73.0 Å². The molecular formula is C11H11FN4O2. The molecule has 0 amide bonds. The standard InChI is InChI=1S/C11H11FN4O2/c1-15-7-9(6-14-15)13-5-8-2-3-11(16(17)18)10(12)4-8/h2-4,6-7,13H,5H2,1H3. The zero-order valence-corrected chi connectivity index (χ0v) is 9.63. The number of hydrogen-bond donors (Lipinski definition) is 1. The summed E-state index contributed by atoms with van der Waals surface area (Å²) >= 11 is 0. The lowest BCUT2D eigenvalue weighted by Crippen LogP contribution is -2.00. The number of halogens is 1. The van der Waals surface area contributed by atoms with Crippen LogP contribution in [0, 0.1) is 15.9 Å². The van der Waals surface area contributed by atoms with Crippen molar-refractivity contribution in [3.8, 4) is 0 Å². The van der Waals surface area contributed by atoms with Gasteiger partial charge in [-0.25, -0.2) is 0 Å². The van der Waals surface area contributed by atoms with Crippen molar-refractivity contribution in [2.45, 2.75) is 6.54 Å². The Balaban J connectivity index is 2.06. The molecule has 1 heterocycles. The predicted octanol–water partition coefficient (Wildman–Crippen LogP) is 2.08. The zero-order valence-electron chi connectivity index (χ0n) is 9.63. The third-order valence-electron chi connectivity index (χ3n) is 2.41. The predicted molar refractivity (Wildman–Crippen MR) is 63.6 cm³/mol. The summed E-state index contributed by atoms with van der Waals surface area (Å²) in [7, 11) is 1.79. The molecule has 0 fully saturated rings. The highest BCUT2D eigenvalue weighted by molar-refractivity contribution is 5.41. The Kier molecular flexibility index (Phi) is 3.22. The average molecular weight is 250 g/mol. The number of benzene rings is 1. The summed E-state index contributed by atoms with van der Waals surface area (Å²) in [5.41, 5.74) is 0.915. The van der Waals surface area contributed by atoms with Crippen LogP contribution in [-0.4, -0.2) is 14.7 Å². The first-order chi connectivity index (χ1) is 8.56. The molecule has 0 saturated carbocycles. The lowest BCUT2D eigenvalue weighted by atomic mass is 10.2. The van der Waals surface area contributed by atoms with Crippen LogP contribution in [0.3, 0.4) is 0 Å². The number of nitrogens with one attached hydrogen (secondary N) is 1. The molecule has 7 heteroatoms. The van der Waals surface area contributed by atoms with Gasteiger partial charge in [-0.1, -0.05) is 6.07 Å². The van der Waals surface area contributed by atoms with Gasteiger partial charge in [-0.15, -0.1) is 0 Å².